The Hall–Kier alpha value is -2.00. The smallest absolute Gasteiger partial charge is 0.224 e. The Balaban J connectivity index is 2.82. The molecule has 38 heavy (non-hydrogen) atoms. The largest absolute Gasteiger partial charge is 0.391 e. The van der Waals surface area contributed by atoms with Gasteiger partial charge in [0.2, 0.25) is 11.8 Å². The van der Waals surface area contributed by atoms with E-state index in [9.17, 15) is 14.7 Å². The lowest BCUT2D eigenvalue weighted by Gasteiger charge is -2.30. The number of rotatable bonds is 18. The van der Waals surface area contributed by atoms with Gasteiger partial charge >= 0.3 is 0 Å². The fraction of sp³-hybridized carbons (Fsp3) is 0.733. The Bertz CT molecular complexity index is 871. The lowest BCUT2D eigenvalue weighted by molar-refractivity contribution is -0.130. The highest BCUT2D eigenvalue weighted by Crippen LogP contribution is 2.27. The predicted molar refractivity (Wildman–Crippen MR) is 152 cm³/mol. The number of hydrogen-bond acceptors (Lipinski definition) is 6. The molecule has 0 heterocycles. The summed E-state index contributed by atoms with van der Waals surface area (Å²) < 4.78 is 5.06. The van der Waals surface area contributed by atoms with Gasteiger partial charge in [0.1, 0.15) is 6.79 Å². The van der Waals surface area contributed by atoms with E-state index in [4.69, 9.17) is 21.3 Å². The average Bonchev–Trinajstić information content (AvgIpc) is 2.84. The molecule has 1 aromatic carbocycles. The van der Waals surface area contributed by atoms with Crippen molar-refractivity contribution in [3.05, 3.63) is 34.9 Å². The number of nitrogens with one attached hydrogen (secondary N) is 1. The van der Waals surface area contributed by atoms with E-state index < -0.39 is 29.4 Å². The maximum atomic E-state index is 12.9. The number of carbonyl (C=O) groups excluding carboxylic acids is 2. The molecule has 2 amide bonds. The molecule has 0 unspecified atom stereocenters. The second kappa shape index (κ2) is 16.2. The van der Waals surface area contributed by atoms with Crippen molar-refractivity contribution in [2.45, 2.75) is 92.7 Å². The van der Waals surface area contributed by atoms with E-state index in [1.807, 2.05) is 13.8 Å². The predicted octanol–water partition coefficient (Wildman–Crippen LogP) is 3.08. The zero-order valence-corrected chi connectivity index (χ0v) is 24.6. The van der Waals surface area contributed by atoms with Gasteiger partial charge in [0.05, 0.1) is 11.5 Å². The highest BCUT2D eigenvalue weighted by molar-refractivity contribution is 5.83. The number of ether oxygens (including phenoxy) is 1. The molecule has 0 saturated heterocycles. The summed E-state index contributed by atoms with van der Waals surface area (Å²) in [6, 6.07) is 6.10. The fourth-order valence-corrected chi connectivity index (χ4v) is 4.59. The van der Waals surface area contributed by atoms with Crippen molar-refractivity contribution in [2.24, 2.45) is 40.6 Å². The van der Waals surface area contributed by atoms with E-state index in [0.29, 0.717) is 18.9 Å². The van der Waals surface area contributed by atoms with Crippen LogP contribution in [0.15, 0.2) is 18.2 Å². The summed E-state index contributed by atoms with van der Waals surface area (Å²) in [6.45, 7) is 14.2. The molecule has 8 heteroatoms. The van der Waals surface area contributed by atoms with Gasteiger partial charge in [0, 0.05) is 25.1 Å². The maximum Gasteiger partial charge on any atom is 0.224 e. The second-order valence-corrected chi connectivity index (χ2v) is 12.1. The number of aliphatic hydroxyl groups is 2. The molecule has 0 aromatic heterocycles. The van der Waals surface area contributed by atoms with Crippen LogP contribution in [0.2, 0.25) is 0 Å². The van der Waals surface area contributed by atoms with Gasteiger partial charge in [-0.05, 0) is 87.3 Å². The van der Waals surface area contributed by atoms with Crippen LogP contribution in [0, 0.1) is 36.0 Å². The van der Waals surface area contributed by atoms with Gasteiger partial charge in [0.25, 0.3) is 0 Å². The van der Waals surface area contributed by atoms with Crippen LogP contribution in [-0.2, 0) is 27.2 Å². The number of nitrogens with two attached hydrogens (primary N) is 2. The molecule has 218 valence electrons. The van der Waals surface area contributed by atoms with Gasteiger partial charge in [-0.3, -0.25) is 9.59 Å². The number of carbonyl (C=O) groups is 2. The number of hydrogen-bond donors (Lipinski definition) is 5. The van der Waals surface area contributed by atoms with Crippen LogP contribution >= 0.6 is 0 Å². The van der Waals surface area contributed by atoms with Crippen molar-refractivity contribution >= 4 is 11.8 Å². The van der Waals surface area contributed by atoms with Crippen LogP contribution in [0.3, 0.4) is 0 Å². The molecular formula is C30H53N3O5. The summed E-state index contributed by atoms with van der Waals surface area (Å²) in [5.41, 5.74) is 14.9. The summed E-state index contributed by atoms with van der Waals surface area (Å²) in [7, 11) is 0. The highest BCUT2D eigenvalue weighted by atomic mass is 16.6. The first-order valence-corrected chi connectivity index (χ1v) is 14.0. The molecule has 1 rings (SSSR count). The van der Waals surface area contributed by atoms with E-state index in [1.54, 1.807) is 13.8 Å². The second-order valence-electron chi connectivity index (χ2n) is 12.1. The summed E-state index contributed by atoms with van der Waals surface area (Å²) in [6.07, 6.45) is 2.68. The van der Waals surface area contributed by atoms with Gasteiger partial charge in [-0.15, -0.1) is 0 Å². The van der Waals surface area contributed by atoms with Gasteiger partial charge in [-0.1, -0.05) is 45.9 Å². The van der Waals surface area contributed by atoms with E-state index in [-0.39, 0.29) is 37.5 Å². The van der Waals surface area contributed by atoms with Gasteiger partial charge < -0.3 is 31.7 Å². The first-order valence-electron chi connectivity index (χ1n) is 14.0. The first kappa shape index (κ1) is 34.0. The van der Waals surface area contributed by atoms with E-state index in [0.717, 1.165) is 19.3 Å². The first-order chi connectivity index (χ1) is 17.7. The normalized spacial score (nSPS) is 15.4. The monoisotopic (exact) mass is 535 g/mol. The lowest BCUT2D eigenvalue weighted by atomic mass is 9.80. The Morgan fingerprint density at radius 3 is 2.32 bits per heavy atom. The minimum Gasteiger partial charge on any atom is -0.391 e. The molecule has 1 aromatic rings. The molecule has 0 radical (unpaired) electrons. The topological polar surface area (TPSA) is 148 Å². The van der Waals surface area contributed by atoms with E-state index >= 15 is 0 Å². The standard InChI is InChI=1S/C30H53N3O5/c1-19(2)24(14-22-11-10-21(5)23(13-22)9-8-12-38-18-34)15-26(31)27(35)16-25(20(3)4)28(36)33-17-30(6,7)29(32)37/h10-11,13,19-20,24-27,34-35H,8-9,12,14-18,31H2,1-7H3,(H2,32,37)(H,33,36)/t24-,25-,26-,27-/m0/s1. The SMILES string of the molecule is Cc1ccc(C[C@@H](C[C@H](N)[C@@H](O)C[C@H](C(=O)NCC(C)(C)C(N)=O)C(C)C)C(C)C)cc1CCCOCO. The van der Waals surface area contributed by atoms with E-state index in [2.05, 4.69) is 44.3 Å². The molecule has 0 spiro atoms. The van der Waals surface area contributed by atoms with Crippen LogP contribution in [0.25, 0.3) is 0 Å². The van der Waals surface area contributed by atoms with Gasteiger partial charge in [-0.2, -0.15) is 0 Å². The van der Waals surface area contributed by atoms with Crippen LogP contribution in [0.4, 0.5) is 0 Å². The Labute approximate surface area is 229 Å². The molecule has 0 fully saturated rings. The lowest BCUT2D eigenvalue weighted by Crippen LogP contribution is -2.46. The Morgan fingerprint density at radius 2 is 1.76 bits per heavy atom. The molecule has 0 aliphatic rings. The van der Waals surface area contributed by atoms with Crippen molar-refractivity contribution < 1.29 is 24.5 Å². The van der Waals surface area contributed by atoms with Crippen LogP contribution < -0.4 is 16.8 Å². The van der Waals surface area contributed by atoms with Crippen LogP contribution in [0.1, 0.15) is 77.5 Å². The molecule has 0 aliphatic carbocycles. The molecule has 0 saturated carbocycles. The number of benzene rings is 1. The average molecular weight is 536 g/mol. The number of aliphatic hydroxyl groups excluding tert-OH is 2. The van der Waals surface area contributed by atoms with Crippen molar-refractivity contribution in [1.29, 1.82) is 0 Å². The zero-order valence-electron chi connectivity index (χ0n) is 24.6. The third kappa shape index (κ3) is 11.4. The third-order valence-electron chi connectivity index (χ3n) is 7.76. The van der Waals surface area contributed by atoms with Gasteiger partial charge in [-0.25, -0.2) is 0 Å². The van der Waals surface area contributed by atoms with Crippen molar-refractivity contribution in [3.63, 3.8) is 0 Å². The number of aryl methyl sites for hydroxylation is 2. The van der Waals surface area contributed by atoms with Crippen LogP contribution in [0.5, 0.6) is 0 Å². The van der Waals surface area contributed by atoms with Crippen molar-refractivity contribution in [1.82, 2.24) is 5.32 Å². The molecule has 7 N–H and O–H groups in total. The molecule has 0 aliphatic heterocycles. The minimum atomic E-state index is -0.847. The molecular weight excluding hydrogens is 482 g/mol. The number of amides is 2. The molecule has 8 nitrogen and oxygen atoms in total. The highest BCUT2D eigenvalue weighted by Gasteiger charge is 2.32. The quantitative estimate of drug-likeness (QED) is 0.144. The molecule has 0 bridgehead atoms. The Morgan fingerprint density at radius 1 is 1.11 bits per heavy atom. The zero-order chi connectivity index (χ0) is 29.0. The molecule has 4 atom stereocenters. The summed E-state index contributed by atoms with van der Waals surface area (Å²) in [5.74, 6) is -0.448. The summed E-state index contributed by atoms with van der Waals surface area (Å²) in [5, 5.41) is 22.7. The third-order valence-corrected chi connectivity index (χ3v) is 7.76. The van der Waals surface area contributed by atoms with Gasteiger partial charge in [0.15, 0.2) is 0 Å². The minimum absolute atomic E-state index is 0.00296. The van der Waals surface area contributed by atoms with E-state index in [1.165, 1.54) is 16.7 Å². The number of primary amides is 1. The van der Waals surface area contributed by atoms with Crippen molar-refractivity contribution in [3.8, 4) is 0 Å². The summed E-state index contributed by atoms with van der Waals surface area (Å²) in [4.78, 5) is 24.5. The van der Waals surface area contributed by atoms with Crippen LogP contribution in [-0.4, -0.2) is 54.1 Å². The van der Waals surface area contributed by atoms with Crippen molar-refractivity contribution in [2.75, 3.05) is 19.9 Å². The maximum absolute atomic E-state index is 12.9. The summed E-state index contributed by atoms with van der Waals surface area (Å²) >= 11 is 0. The fourth-order valence-electron chi connectivity index (χ4n) is 4.59. The Kier molecular flexibility index (Phi) is 14.5.